The molecule has 2 atom stereocenters. The molecule has 0 aromatic rings. The van der Waals surface area contributed by atoms with Crippen molar-refractivity contribution in [2.24, 2.45) is 5.92 Å². The Morgan fingerprint density at radius 3 is 3.12 bits per heavy atom. The van der Waals surface area contributed by atoms with Crippen LogP contribution < -0.4 is 0 Å². The number of fused-ring (bicyclic) bond motifs is 1. The third-order valence-corrected chi connectivity index (χ3v) is 3.72. The van der Waals surface area contributed by atoms with Crippen molar-refractivity contribution in [3.63, 3.8) is 0 Å². The van der Waals surface area contributed by atoms with Crippen molar-refractivity contribution in [2.45, 2.75) is 44.6 Å². The van der Waals surface area contributed by atoms with Crippen LogP contribution in [0.15, 0.2) is 24.3 Å². The van der Waals surface area contributed by atoms with Crippen molar-refractivity contribution in [1.29, 1.82) is 0 Å². The molecule has 2 rings (SSSR count). The first-order valence-electron chi connectivity index (χ1n) is 6.13. The van der Waals surface area contributed by atoms with Gasteiger partial charge in [-0.2, -0.15) is 0 Å². The Morgan fingerprint density at radius 2 is 2.47 bits per heavy atom. The lowest BCUT2D eigenvalue weighted by Gasteiger charge is -2.30. The second-order valence-corrected chi connectivity index (χ2v) is 4.92. The third-order valence-electron chi connectivity index (χ3n) is 3.72. The van der Waals surface area contributed by atoms with Crippen molar-refractivity contribution >= 4 is 11.8 Å². The second kappa shape index (κ2) is 4.47. The zero-order valence-electron chi connectivity index (χ0n) is 10.2. The smallest absolute Gasteiger partial charge is 0.303 e. The van der Waals surface area contributed by atoms with Crippen molar-refractivity contribution < 1.29 is 14.3 Å². The van der Waals surface area contributed by atoms with Gasteiger partial charge in [0.15, 0.2) is 5.78 Å². The predicted molar refractivity (Wildman–Crippen MR) is 64.4 cm³/mol. The SMILES string of the molecule is C=CCC[C@]1(OC(C)=O)CC[C@@H]2CC(=O)C=C21. The molecule has 2 aliphatic carbocycles. The van der Waals surface area contributed by atoms with E-state index in [9.17, 15) is 9.59 Å². The van der Waals surface area contributed by atoms with Crippen molar-refractivity contribution in [3.8, 4) is 0 Å². The highest BCUT2D eigenvalue weighted by Gasteiger charge is 2.48. The van der Waals surface area contributed by atoms with Crippen LogP contribution in [0.25, 0.3) is 0 Å². The molecule has 3 heteroatoms. The van der Waals surface area contributed by atoms with Gasteiger partial charge in [-0.15, -0.1) is 6.58 Å². The quantitative estimate of drug-likeness (QED) is 0.554. The average Bonchev–Trinajstić information content (AvgIpc) is 2.75. The maximum absolute atomic E-state index is 11.5. The summed E-state index contributed by atoms with van der Waals surface area (Å²) in [6.45, 7) is 5.14. The minimum absolute atomic E-state index is 0.167. The number of allylic oxidation sites excluding steroid dienone is 2. The summed E-state index contributed by atoms with van der Waals surface area (Å²) in [5.41, 5.74) is 0.510. The fourth-order valence-electron chi connectivity index (χ4n) is 3.06. The molecule has 0 bridgehead atoms. The van der Waals surface area contributed by atoms with E-state index in [1.54, 1.807) is 6.08 Å². The molecule has 0 aromatic carbocycles. The maximum Gasteiger partial charge on any atom is 0.303 e. The predicted octanol–water partition coefficient (Wildman–Crippen LogP) is 2.56. The minimum atomic E-state index is -0.531. The molecule has 0 radical (unpaired) electrons. The van der Waals surface area contributed by atoms with Gasteiger partial charge < -0.3 is 4.74 Å². The molecule has 0 heterocycles. The van der Waals surface area contributed by atoms with Crippen molar-refractivity contribution in [3.05, 3.63) is 24.3 Å². The van der Waals surface area contributed by atoms with Gasteiger partial charge in [0.1, 0.15) is 5.60 Å². The first-order chi connectivity index (χ1) is 8.07. The van der Waals surface area contributed by atoms with Gasteiger partial charge in [-0.3, -0.25) is 9.59 Å². The van der Waals surface area contributed by atoms with Crippen LogP contribution >= 0.6 is 0 Å². The van der Waals surface area contributed by atoms with Crippen LogP contribution in [0.4, 0.5) is 0 Å². The molecule has 0 spiro atoms. The van der Waals surface area contributed by atoms with Gasteiger partial charge in [0.25, 0.3) is 0 Å². The Bertz CT molecular complexity index is 394. The number of carbonyl (C=O) groups excluding carboxylic acids is 2. The van der Waals surface area contributed by atoms with Crippen molar-refractivity contribution in [1.82, 2.24) is 0 Å². The van der Waals surface area contributed by atoms with Gasteiger partial charge in [-0.25, -0.2) is 0 Å². The van der Waals surface area contributed by atoms with E-state index in [1.165, 1.54) is 6.92 Å². The van der Waals surface area contributed by atoms with E-state index in [1.807, 2.05) is 6.08 Å². The fourth-order valence-corrected chi connectivity index (χ4v) is 3.06. The van der Waals surface area contributed by atoms with E-state index in [0.717, 1.165) is 31.3 Å². The Hall–Kier alpha value is -1.38. The van der Waals surface area contributed by atoms with Gasteiger partial charge in [0, 0.05) is 13.3 Å². The number of ether oxygens (including phenoxy) is 1. The van der Waals surface area contributed by atoms with Gasteiger partial charge in [0.05, 0.1) is 0 Å². The molecule has 0 saturated heterocycles. The summed E-state index contributed by atoms with van der Waals surface area (Å²) in [6, 6.07) is 0. The summed E-state index contributed by atoms with van der Waals surface area (Å²) in [6.07, 6.45) is 7.44. The zero-order chi connectivity index (χ0) is 12.5. The number of ketones is 1. The molecule has 0 aromatic heterocycles. The first kappa shape index (κ1) is 12.1. The molecular weight excluding hydrogens is 216 g/mol. The largest absolute Gasteiger partial charge is 0.455 e. The summed E-state index contributed by atoms with van der Waals surface area (Å²) >= 11 is 0. The van der Waals surface area contributed by atoms with Crippen molar-refractivity contribution in [2.75, 3.05) is 0 Å². The normalized spacial score (nSPS) is 31.0. The highest BCUT2D eigenvalue weighted by atomic mass is 16.6. The first-order valence-corrected chi connectivity index (χ1v) is 6.13. The summed E-state index contributed by atoms with van der Waals surface area (Å²) < 4.78 is 5.56. The summed E-state index contributed by atoms with van der Waals surface area (Å²) in [5.74, 6) is 0.196. The lowest BCUT2D eigenvalue weighted by atomic mass is 9.90. The number of esters is 1. The Kier molecular flexibility index (Phi) is 3.18. The van der Waals surface area contributed by atoms with Gasteiger partial charge in [-0.05, 0) is 43.3 Å². The van der Waals surface area contributed by atoms with Crippen LogP contribution in [0.1, 0.15) is 39.0 Å². The third kappa shape index (κ3) is 2.19. The van der Waals surface area contributed by atoms with Crippen LogP contribution in [0.3, 0.4) is 0 Å². The highest BCUT2D eigenvalue weighted by molar-refractivity contribution is 5.94. The van der Waals surface area contributed by atoms with Crippen LogP contribution in [-0.2, 0) is 14.3 Å². The molecule has 1 saturated carbocycles. The van der Waals surface area contributed by atoms with Crippen LogP contribution in [0.2, 0.25) is 0 Å². The van der Waals surface area contributed by atoms with Gasteiger partial charge >= 0.3 is 5.97 Å². The molecule has 1 fully saturated rings. The Labute approximate surface area is 102 Å². The van der Waals surface area contributed by atoms with E-state index in [2.05, 4.69) is 6.58 Å². The molecule has 92 valence electrons. The summed E-state index contributed by atoms with van der Waals surface area (Å²) in [7, 11) is 0. The fraction of sp³-hybridized carbons (Fsp3) is 0.571. The summed E-state index contributed by atoms with van der Waals surface area (Å²) in [5, 5.41) is 0. The van der Waals surface area contributed by atoms with E-state index >= 15 is 0 Å². The lowest BCUT2D eigenvalue weighted by Crippen LogP contribution is -2.33. The monoisotopic (exact) mass is 234 g/mol. The zero-order valence-corrected chi connectivity index (χ0v) is 10.2. The van der Waals surface area contributed by atoms with Gasteiger partial charge in [-0.1, -0.05) is 6.08 Å². The summed E-state index contributed by atoms with van der Waals surface area (Å²) in [4.78, 5) is 22.7. The molecule has 3 nitrogen and oxygen atoms in total. The Balaban J connectivity index is 2.26. The van der Waals surface area contributed by atoms with Crippen LogP contribution in [0.5, 0.6) is 0 Å². The average molecular weight is 234 g/mol. The maximum atomic E-state index is 11.5. The number of hydrogen-bond donors (Lipinski definition) is 0. The molecule has 17 heavy (non-hydrogen) atoms. The molecule has 2 aliphatic rings. The molecule has 0 aliphatic heterocycles. The topological polar surface area (TPSA) is 43.4 Å². The lowest BCUT2D eigenvalue weighted by molar-refractivity contribution is -0.153. The minimum Gasteiger partial charge on any atom is -0.455 e. The van der Waals surface area contributed by atoms with Gasteiger partial charge in [0.2, 0.25) is 0 Å². The number of carbonyl (C=O) groups is 2. The van der Waals surface area contributed by atoms with E-state index in [-0.39, 0.29) is 11.8 Å². The Morgan fingerprint density at radius 1 is 1.71 bits per heavy atom. The molecule has 0 unspecified atom stereocenters. The number of rotatable bonds is 4. The molecule has 0 amide bonds. The van der Waals surface area contributed by atoms with Crippen LogP contribution in [0, 0.1) is 5.92 Å². The molecule has 0 N–H and O–H groups in total. The number of hydrogen-bond acceptors (Lipinski definition) is 3. The van der Waals surface area contributed by atoms with E-state index < -0.39 is 5.60 Å². The van der Waals surface area contributed by atoms with E-state index in [0.29, 0.717) is 12.3 Å². The molecular formula is C14H18O3. The van der Waals surface area contributed by atoms with Crippen LogP contribution in [-0.4, -0.2) is 17.4 Å². The highest BCUT2D eigenvalue weighted by Crippen LogP contribution is 2.49. The van der Waals surface area contributed by atoms with E-state index in [4.69, 9.17) is 4.74 Å². The second-order valence-electron chi connectivity index (χ2n) is 4.92. The standard InChI is InChI=1S/C14H18O3/c1-3-4-6-14(17-10(2)15)7-5-11-8-12(16)9-13(11)14/h3,9,11H,1,4-8H2,2H3/t11-,14+/m1/s1.